The average Bonchev–Trinajstić information content (AvgIpc) is 2.56. The SMILES string of the molecule is CC(C)CC(=O)OC(CNC(C)C)COc1cccc2ccccc12. The van der Waals surface area contributed by atoms with Crippen molar-refractivity contribution >= 4 is 16.7 Å². The van der Waals surface area contributed by atoms with E-state index < -0.39 is 0 Å². The molecule has 1 atom stereocenters. The summed E-state index contributed by atoms with van der Waals surface area (Å²) in [5.74, 6) is 0.921. The van der Waals surface area contributed by atoms with Gasteiger partial charge in [-0.05, 0) is 17.4 Å². The molecule has 2 rings (SSSR count). The molecule has 0 aliphatic rings. The molecule has 0 heterocycles. The van der Waals surface area contributed by atoms with Crippen LogP contribution in [0.3, 0.4) is 0 Å². The molecule has 4 nitrogen and oxygen atoms in total. The van der Waals surface area contributed by atoms with Crippen molar-refractivity contribution in [1.82, 2.24) is 5.32 Å². The van der Waals surface area contributed by atoms with Crippen LogP contribution in [0, 0.1) is 5.92 Å². The molecule has 0 amide bonds. The van der Waals surface area contributed by atoms with Gasteiger partial charge in [0.15, 0.2) is 0 Å². The molecular weight excluding hydrogens is 314 g/mol. The number of hydrogen-bond donors (Lipinski definition) is 1. The number of esters is 1. The monoisotopic (exact) mass is 343 g/mol. The second kappa shape index (κ2) is 9.42. The van der Waals surface area contributed by atoms with Gasteiger partial charge in [-0.15, -0.1) is 0 Å². The summed E-state index contributed by atoms with van der Waals surface area (Å²) in [5, 5.41) is 5.52. The molecule has 0 radical (unpaired) electrons. The van der Waals surface area contributed by atoms with Gasteiger partial charge in [-0.2, -0.15) is 0 Å². The molecule has 0 aliphatic carbocycles. The number of hydrogen-bond acceptors (Lipinski definition) is 4. The first-order valence-electron chi connectivity index (χ1n) is 8.99. The van der Waals surface area contributed by atoms with Crippen molar-refractivity contribution in [3.05, 3.63) is 42.5 Å². The molecule has 0 spiro atoms. The number of rotatable bonds is 9. The van der Waals surface area contributed by atoms with E-state index in [2.05, 4.69) is 31.3 Å². The minimum atomic E-state index is -0.312. The van der Waals surface area contributed by atoms with Gasteiger partial charge >= 0.3 is 5.97 Å². The lowest BCUT2D eigenvalue weighted by Gasteiger charge is -2.21. The van der Waals surface area contributed by atoms with Crippen LogP contribution in [0.5, 0.6) is 5.75 Å². The molecule has 136 valence electrons. The quantitative estimate of drug-likeness (QED) is 0.694. The summed E-state index contributed by atoms with van der Waals surface area (Å²) in [6.07, 6.45) is 0.111. The van der Waals surface area contributed by atoms with Crippen molar-refractivity contribution in [2.45, 2.75) is 46.3 Å². The summed E-state index contributed by atoms with van der Waals surface area (Å²) < 4.78 is 11.6. The van der Waals surface area contributed by atoms with E-state index in [0.29, 0.717) is 25.6 Å². The fourth-order valence-corrected chi connectivity index (χ4v) is 2.57. The Labute approximate surface area is 150 Å². The van der Waals surface area contributed by atoms with E-state index in [-0.39, 0.29) is 18.0 Å². The van der Waals surface area contributed by atoms with Gasteiger partial charge in [0, 0.05) is 24.4 Å². The third-order valence-electron chi connectivity index (χ3n) is 3.80. The molecule has 1 N–H and O–H groups in total. The first-order valence-corrected chi connectivity index (χ1v) is 8.99. The van der Waals surface area contributed by atoms with Crippen LogP contribution in [0.25, 0.3) is 10.8 Å². The van der Waals surface area contributed by atoms with E-state index in [9.17, 15) is 4.79 Å². The number of benzene rings is 2. The highest BCUT2D eigenvalue weighted by molar-refractivity contribution is 5.88. The predicted molar refractivity (Wildman–Crippen MR) is 102 cm³/mol. The van der Waals surface area contributed by atoms with Gasteiger partial charge in [-0.25, -0.2) is 0 Å². The summed E-state index contributed by atoms with van der Waals surface area (Å²) in [7, 11) is 0. The van der Waals surface area contributed by atoms with Crippen molar-refractivity contribution in [3.8, 4) is 5.75 Å². The van der Waals surface area contributed by atoms with Gasteiger partial charge in [0.25, 0.3) is 0 Å². The molecule has 0 fully saturated rings. The van der Waals surface area contributed by atoms with Crippen molar-refractivity contribution < 1.29 is 14.3 Å². The highest BCUT2D eigenvalue weighted by Gasteiger charge is 2.17. The Balaban J connectivity index is 2.03. The first-order chi connectivity index (χ1) is 12.0. The smallest absolute Gasteiger partial charge is 0.306 e. The molecule has 1 unspecified atom stereocenters. The number of fused-ring (bicyclic) bond motifs is 1. The third kappa shape index (κ3) is 6.39. The highest BCUT2D eigenvalue weighted by Crippen LogP contribution is 2.25. The van der Waals surface area contributed by atoms with E-state index in [1.54, 1.807) is 0 Å². The van der Waals surface area contributed by atoms with Gasteiger partial charge in [-0.3, -0.25) is 4.79 Å². The number of carbonyl (C=O) groups is 1. The maximum Gasteiger partial charge on any atom is 0.306 e. The topological polar surface area (TPSA) is 47.6 Å². The Morgan fingerprint density at radius 1 is 1.04 bits per heavy atom. The summed E-state index contributed by atoms with van der Waals surface area (Å²) in [4.78, 5) is 12.0. The number of nitrogens with one attached hydrogen (secondary N) is 1. The molecular formula is C21H29NO3. The van der Waals surface area contributed by atoms with E-state index >= 15 is 0 Å². The van der Waals surface area contributed by atoms with Crippen molar-refractivity contribution in [1.29, 1.82) is 0 Å². The lowest BCUT2D eigenvalue weighted by Crippen LogP contribution is -2.38. The fraction of sp³-hybridized carbons (Fsp3) is 0.476. The van der Waals surface area contributed by atoms with Crippen LogP contribution in [0.4, 0.5) is 0 Å². The van der Waals surface area contributed by atoms with Crippen LogP contribution in [-0.4, -0.2) is 31.3 Å². The Hall–Kier alpha value is -2.07. The molecule has 0 aliphatic heterocycles. The molecule has 0 saturated carbocycles. The molecule has 0 saturated heterocycles. The van der Waals surface area contributed by atoms with Crippen LogP contribution in [-0.2, 0) is 9.53 Å². The first kappa shape index (κ1) is 19.3. The normalized spacial score (nSPS) is 12.6. The Morgan fingerprint density at radius 3 is 2.48 bits per heavy atom. The molecule has 0 bridgehead atoms. The molecule has 4 heteroatoms. The minimum Gasteiger partial charge on any atom is -0.489 e. The molecule has 2 aromatic rings. The standard InChI is InChI=1S/C21H29NO3/c1-15(2)12-21(23)25-18(13-22-16(3)4)14-24-20-11-7-9-17-8-5-6-10-19(17)20/h5-11,15-16,18,22H,12-14H2,1-4H3. The zero-order chi connectivity index (χ0) is 18.2. The third-order valence-corrected chi connectivity index (χ3v) is 3.80. The largest absolute Gasteiger partial charge is 0.489 e. The van der Waals surface area contributed by atoms with Crippen LogP contribution in [0.1, 0.15) is 34.1 Å². The Morgan fingerprint density at radius 2 is 1.76 bits per heavy atom. The van der Waals surface area contributed by atoms with Crippen molar-refractivity contribution in [3.63, 3.8) is 0 Å². The van der Waals surface area contributed by atoms with Gasteiger partial charge in [0.1, 0.15) is 18.5 Å². The van der Waals surface area contributed by atoms with E-state index in [0.717, 1.165) is 16.5 Å². The molecule has 0 aromatic heterocycles. The van der Waals surface area contributed by atoms with Gasteiger partial charge in [0.05, 0.1) is 0 Å². The predicted octanol–water partition coefficient (Wildman–Crippen LogP) is 4.17. The highest BCUT2D eigenvalue weighted by atomic mass is 16.6. The minimum absolute atomic E-state index is 0.174. The Bertz CT molecular complexity index is 676. The zero-order valence-electron chi connectivity index (χ0n) is 15.6. The lowest BCUT2D eigenvalue weighted by molar-refractivity contribution is -0.151. The van der Waals surface area contributed by atoms with Crippen LogP contribution >= 0.6 is 0 Å². The van der Waals surface area contributed by atoms with E-state index in [1.165, 1.54) is 0 Å². The van der Waals surface area contributed by atoms with E-state index in [1.807, 2.05) is 44.2 Å². The van der Waals surface area contributed by atoms with E-state index in [4.69, 9.17) is 9.47 Å². The maximum atomic E-state index is 12.0. The summed E-state index contributed by atoms with van der Waals surface area (Å²) in [5.41, 5.74) is 0. The summed E-state index contributed by atoms with van der Waals surface area (Å²) in [6, 6.07) is 14.4. The second-order valence-corrected chi connectivity index (χ2v) is 7.06. The van der Waals surface area contributed by atoms with Crippen LogP contribution < -0.4 is 10.1 Å². The van der Waals surface area contributed by atoms with Gasteiger partial charge in [-0.1, -0.05) is 64.1 Å². The fourth-order valence-electron chi connectivity index (χ4n) is 2.57. The number of carbonyl (C=O) groups excluding carboxylic acids is 1. The van der Waals surface area contributed by atoms with Gasteiger partial charge in [0.2, 0.25) is 0 Å². The molecule has 25 heavy (non-hydrogen) atoms. The van der Waals surface area contributed by atoms with Crippen LogP contribution in [0.2, 0.25) is 0 Å². The average molecular weight is 343 g/mol. The van der Waals surface area contributed by atoms with Crippen LogP contribution in [0.15, 0.2) is 42.5 Å². The van der Waals surface area contributed by atoms with Gasteiger partial charge < -0.3 is 14.8 Å². The summed E-state index contributed by atoms with van der Waals surface area (Å²) >= 11 is 0. The Kier molecular flexibility index (Phi) is 7.26. The molecule has 2 aromatic carbocycles. The summed E-state index contributed by atoms with van der Waals surface area (Å²) in [6.45, 7) is 9.06. The zero-order valence-corrected chi connectivity index (χ0v) is 15.6. The van der Waals surface area contributed by atoms with Crippen molar-refractivity contribution in [2.24, 2.45) is 5.92 Å². The lowest BCUT2D eigenvalue weighted by atomic mass is 10.1. The second-order valence-electron chi connectivity index (χ2n) is 7.06. The van der Waals surface area contributed by atoms with Crippen molar-refractivity contribution in [2.75, 3.05) is 13.2 Å². The number of ether oxygens (including phenoxy) is 2. The maximum absolute atomic E-state index is 12.0.